The molecular formula is C17H22BrN3O. The second-order valence-corrected chi connectivity index (χ2v) is 7.45. The van der Waals surface area contributed by atoms with Gasteiger partial charge in [-0.05, 0) is 51.3 Å². The van der Waals surface area contributed by atoms with E-state index in [1.54, 1.807) is 6.92 Å². The molecule has 2 rings (SSSR count). The average Bonchev–Trinajstić information content (AvgIpc) is 2.91. The molecule has 1 fully saturated rings. The number of carbonyl (C=O) groups excluding carboxylic acids is 1. The first-order valence-electron chi connectivity index (χ1n) is 7.52. The number of nitriles is 1. The van der Waals surface area contributed by atoms with Crippen molar-refractivity contribution < 1.29 is 4.79 Å². The SMILES string of the molecule is C[C@@H](N)C(=O)N1[C@H](c2cccc(Br)c2)CC[C@@H]1C(C)(C)C#N. The number of rotatable bonds is 3. The van der Waals surface area contributed by atoms with Crippen molar-refractivity contribution in [3.8, 4) is 6.07 Å². The Morgan fingerprint density at radius 3 is 2.73 bits per heavy atom. The molecule has 1 aromatic rings. The highest BCUT2D eigenvalue weighted by Crippen LogP contribution is 2.43. The first-order valence-corrected chi connectivity index (χ1v) is 8.31. The van der Waals surface area contributed by atoms with Crippen LogP contribution in [0.15, 0.2) is 28.7 Å². The van der Waals surface area contributed by atoms with Crippen LogP contribution >= 0.6 is 15.9 Å². The Morgan fingerprint density at radius 2 is 2.18 bits per heavy atom. The lowest BCUT2D eigenvalue weighted by Gasteiger charge is -2.37. The maximum absolute atomic E-state index is 12.7. The van der Waals surface area contributed by atoms with E-state index in [1.807, 2.05) is 43.0 Å². The quantitative estimate of drug-likeness (QED) is 0.894. The zero-order valence-electron chi connectivity index (χ0n) is 13.2. The van der Waals surface area contributed by atoms with E-state index in [0.717, 1.165) is 22.9 Å². The first-order chi connectivity index (χ1) is 10.3. The molecule has 1 aliphatic rings. The fourth-order valence-electron chi connectivity index (χ4n) is 3.18. The molecule has 0 radical (unpaired) electrons. The highest BCUT2D eigenvalue weighted by molar-refractivity contribution is 9.10. The molecule has 118 valence electrons. The van der Waals surface area contributed by atoms with E-state index in [-0.39, 0.29) is 18.0 Å². The average molecular weight is 364 g/mol. The Kier molecular flexibility index (Phi) is 4.93. The van der Waals surface area contributed by atoms with Crippen molar-refractivity contribution in [3.63, 3.8) is 0 Å². The van der Waals surface area contributed by atoms with E-state index in [9.17, 15) is 10.1 Å². The maximum Gasteiger partial charge on any atom is 0.240 e. The van der Waals surface area contributed by atoms with Crippen LogP contribution < -0.4 is 5.73 Å². The first kappa shape index (κ1) is 17.0. The molecule has 2 N–H and O–H groups in total. The van der Waals surface area contributed by atoms with Gasteiger partial charge in [-0.2, -0.15) is 5.26 Å². The molecule has 1 aromatic carbocycles. The number of likely N-dealkylation sites (tertiary alicyclic amines) is 1. The van der Waals surface area contributed by atoms with Crippen LogP contribution in [-0.2, 0) is 4.79 Å². The summed E-state index contributed by atoms with van der Waals surface area (Å²) in [7, 11) is 0. The Balaban J connectivity index is 2.43. The number of hydrogen-bond donors (Lipinski definition) is 1. The topological polar surface area (TPSA) is 70.1 Å². The monoisotopic (exact) mass is 363 g/mol. The van der Waals surface area contributed by atoms with E-state index < -0.39 is 11.5 Å². The smallest absolute Gasteiger partial charge is 0.240 e. The van der Waals surface area contributed by atoms with Crippen molar-refractivity contribution >= 4 is 21.8 Å². The predicted octanol–water partition coefficient (Wildman–Crippen LogP) is 3.38. The third-order valence-electron chi connectivity index (χ3n) is 4.38. The molecule has 0 aromatic heterocycles. The van der Waals surface area contributed by atoms with Gasteiger partial charge in [-0.3, -0.25) is 4.79 Å². The largest absolute Gasteiger partial charge is 0.330 e. The van der Waals surface area contributed by atoms with Crippen molar-refractivity contribution in [3.05, 3.63) is 34.3 Å². The summed E-state index contributed by atoms with van der Waals surface area (Å²) in [5.41, 5.74) is 6.34. The van der Waals surface area contributed by atoms with Crippen LogP contribution in [0.1, 0.15) is 45.2 Å². The van der Waals surface area contributed by atoms with E-state index in [0.29, 0.717) is 0 Å². The van der Waals surface area contributed by atoms with Gasteiger partial charge in [0.25, 0.3) is 0 Å². The predicted molar refractivity (Wildman–Crippen MR) is 89.8 cm³/mol. The Labute approximate surface area is 140 Å². The van der Waals surface area contributed by atoms with Gasteiger partial charge in [-0.1, -0.05) is 28.1 Å². The highest BCUT2D eigenvalue weighted by atomic mass is 79.9. The molecular weight excluding hydrogens is 342 g/mol. The molecule has 1 aliphatic heterocycles. The van der Waals surface area contributed by atoms with Gasteiger partial charge in [0, 0.05) is 4.47 Å². The molecule has 1 amide bonds. The lowest BCUT2D eigenvalue weighted by Crippen LogP contribution is -2.50. The molecule has 0 bridgehead atoms. The Bertz CT molecular complexity index is 606. The van der Waals surface area contributed by atoms with Gasteiger partial charge in [-0.25, -0.2) is 0 Å². The van der Waals surface area contributed by atoms with Crippen molar-refractivity contribution in [1.29, 1.82) is 5.26 Å². The molecule has 4 nitrogen and oxygen atoms in total. The van der Waals surface area contributed by atoms with Gasteiger partial charge >= 0.3 is 0 Å². The maximum atomic E-state index is 12.7. The van der Waals surface area contributed by atoms with E-state index in [2.05, 4.69) is 22.0 Å². The van der Waals surface area contributed by atoms with Crippen LogP contribution in [0.4, 0.5) is 0 Å². The summed E-state index contributed by atoms with van der Waals surface area (Å²) in [4.78, 5) is 14.5. The minimum atomic E-state index is -0.592. The summed E-state index contributed by atoms with van der Waals surface area (Å²) in [5, 5.41) is 9.47. The van der Waals surface area contributed by atoms with Gasteiger partial charge in [0.15, 0.2) is 0 Å². The van der Waals surface area contributed by atoms with Crippen LogP contribution in [0.2, 0.25) is 0 Å². The van der Waals surface area contributed by atoms with Crippen LogP contribution in [-0.4, -0.2) is 22.9 Å². The number of carbonyl (C=O) groups is 1. The van der Waals surface area contributed by atoms with Crippen molar-refractivity contribution in [1.82, 2.24) is 4.90 Å². The highest BCUT2D eigenvalue weighted by Gasteiger charge is 2.45. The number of amides is 1. The summed E-state index contributed by atoms with van der Waals surface area (Å²) in [6, 6.07) is 9.65. The fraction of sp³-hybridized carbons (Fsp3) is 0.529. The van der Waals surface area contributed by atoms with E-state index >= 15 is 0 Å². The zero-order chi connectivity index (χ0) is 16.5. The minimum absolute atomic E-state index is 0.0198. The summed E-state index contributed by atoms with van der Waals surface area (Å²) >= 11 is 3.48. The summed E-state index contributed by atoms with van der Waals surface area (Å²) in [6.45, 7) is 5.49. The third-order valence-corrected chi connectivity index (χ3v) is 4.88. The molecule has 22 heavy (non-hydrogen) atoms. The second kappa shape index (κ2) is 6.39. The van der Waals surface area contributed by atoms with Gasteiger partial charge in [0.1, 0.15) is 0 Å². The van der Waals surface area contributed by atoms with Crippen molar-refractivity contribution in [2.75, 3.05) is 0 Å². The number of hydrogen-bond acceptors (Lipinski definition) is 3. The molecule has 0 aliphatic carbocycles. The van der Waals surface area contributed by atoms with Crippen molar-refractivity contribution in [2.24, 2.45) is 11.1 Å². The zero-order valence-corrected chi connectivity index (χ0v) is 14.8. The molecule has 0 unspecified atom stereocenters. The lowest BCUT2D eigenvalue weighted by atomic mass is 9.84. The minimum Gasteiger partial charge on any atom is -0.330 e. The van der Waals surface area contributed by atoms with Gasteiger partial charge in [-0.15, -0.1) is 0 Å². The summed E-state index contributed by atoms with van der Waals surface area (Å²) in [5.74, 6) is -0.0872. The normalized spacial score (nSPS) is 23.2. The summed E-state index contributed by atoms with van der Waals surface area (Å²) in [6.07, 6.45) is 1.67. The van der Waals surface area contributed by atoms with Gasteiger partial charge < -0.3 is 10.6 Å². The molecule has 1 saturated heterocycles. The van der Waals surface area contributed by atoms with Crippen LogP contribution in [0.25, 0.3) is 0 Å². The molecule has 1 heterocycles. The number of benzene rings is 1. The van der Waals surface area contributed by atoms with E-state index in [1.165, 1.54) is 0 Å². The molecule has 5 heteroatoms. The Hall–Kier alpha value is -1.38. The fourth-order valence-corrected chi connectivity index (χ4v) is 3.59. The van der Waals surface area contributed by atoms with Crippen LogP contribution in [0, 0.1) is 16.7 Å². The van der Waals surface area contributed by atoms with E-state index in [4.69, 9.17) is 5.73 Å². The van der Waals surface area contributed by atoms with Crippen LogP contribution in [0.3, 0.4) is 0 Å². The van der Waals surface area contributed by atoms with Gasteiger partial charge in [0.2, 0.25) is 5.91 Å². The molecule has 3 atom stereocenters. The number of halogens is 1. The standard InChI is InChI=1S/C17H22BrN3O/c1-11(20)16(22)21-14(12-5-4-6-13(18)9-12)7-8-15(21)17(2,3)10-19/h4-6,9,11,14-15H,7-8,20H2,1-3H3/t11-,14+,15-/m1/s1. The van der Waals surface area contributed by atoms with Gasteiger partial charge in [0.05, 0.1) is 29.6 Å². The van der Waals surface area contributed by atoms with Crippen molar-refractivity contribution in [2.45, 2.75) is 51.7 Å². The number of nitrogens with two attached hydrogens (primary N) is 1. The van der Waals surface area contributed by atoms with Crippen LogP contribution in [0.5, 0.6) is 0 Å². The second-order valence-electron chi connectivity index (χ2n) is 6.53. The molecule has 0 saturated carbocycles. The molecule has 0 spiro atoms. The third kappa shape index (κ3) is 3.18. The lowest BCUT2D eigenvalue weighted by molar-refractivity contribution is -0.137. The summed E-state index contributed by atoms with van der Waals surface area (Å²) < 4.78 is 0.987. The number of nitrogens with zero attached hydrogens (tertiary/aromatic N) is 2. The Morgan fingerprint density at radius 1 is 1.50 bits per heavy atom.